The summed E-state index contributed by atoms with van der Waals surface area (Å²) in [6.07, 6.45) is -0.168. The molecule has 2 unspecified atom stereocenters. The zero-order valence-electron chi connectivity index (χ0n) is 11.9. The lowest BCUT2D eigenvalue weighted by molar-refractivity contribution is 0.0403. The molecule has 0 radical (unpaired) electrons. The fraction of sp³-hybridized carbons (Fsp3) is 0.400. The average molecular weight is 344 g/mol. The van der Waals surface area contributed by atoms with Gasteiger partial charge in [0.25, 0.3) is 5.91 Å². The SMILES string of the molecule is CCOC1COCC1NC(=O)c1sc2cccc(F)c2c1Cl. The van der Waals surface area contributed by atoms with Crippen LogP contribution in [0.1, 0.15) is 16.6 Å². The molecule has 2 heterocycles. The third-order valence-electron chi connectivity index (χ3n) is 3.54. The molecule has 118 valence electrons. The second-order valence-corrected chi connectivity index (χ2v) is 6.40. The van der Waals surface area contributed by atoms with Crippen molar-refractivity contribution in [2.45, 2.75) is 19.1 Å². The molecule has 3 rings (SSSR count). The van der Waals surface area contributed by atoms with Gasteiger partial charge in [-0.2, -0.15) is 0 Å². The predicted molar refractivity (Wildman–Crippen MR) is 84.3 cm³/mol. The second-order valence-electron chi connectivity index (χ2n) is 4.97. The Kier molecular flexibility index (Phi) is 4.63. The first-order valence-corrected chi connectivity index (χ1v) is 8.18. The van der Waals surface area contributed by atoms with E-state index in [1.54, 1.807) is 12.1 Å². The van der Waals surface area contributed by atoms with Crippen molar-refractivity contribution in [1.29, 1.82) is 0 Å². The van der Waals surface area contributed by atoms with Gasteiger partial charge in [-0.25, -0.2) is 4.39 Å². The van der Waals surface area contributed by atoms with Gasteiger partial charge in [0.2, 0.25) is 0 Å². The monoisotopic (exact) mass is 343 g/mol. The van der Waals surface area contributed by atoms with Crippen LogP contribution in [-0.2, 0) is 9.47 Å². The van der Waals surface area contributed by atoms with Gasteiger partial charge in [-0.3, -0.25) is 4.79 Å². The summed E-state index contributed by atoms with van der Waals surface area (Å²) in [4.78, 5) is 12.7. The van der Waals surface area contributed by atoms with Crippen LogP contribution in [0, 0.1) is 5.82 Å². The van der Waals surface area contributed by atoms with Crippen LogP contribution in [0.5, 0.6) is 0 Å². The van der Waals surface area contributed by atoms with E-state index < -0.39 is 5.82 Å². The topological polar surface area (TPSA) is 47.6 Å². The second kappa shape index (κ2) is 6.50. The quantitative estimate of drug-likeness (QED) is 0.927. The Bertz CT molecular complexity index is 705. The van der Waals surface area contributed by atoms with Gasteiger partial charge < -0.3 is 14.8 Å². The Morgan fingerprint density at radius 2 is 2.36 bits per heavy atom. The predicted octanol–water partition coefficient (Wildman–Crippen LogP) is 3.23. The Morgan fingerprint density at radius 3 is 3.09 bits per heavy atom. The number of thiophene rings is 1. The number of carbonyl (C=O) groups excluding carboxylic acids is 1. The largest absolute Gasteiger partial charge is 0.376 e. The molecule has 7 heteroatoms. The molecule has 1 fully saturated rings. The van der Waals surface area contributed by atoms with Gasteiger partial charge in [-0.15, -0.1) is 11.3 Å². The molecule has 1 N–H and O–H groups in total. The van der Waals surface area contributed by atoms with Gasteiger partial charge in [0.15, 0.2) is 0 Å². The number of nitrogens with one attached hydrogen (secondary N) is 1. The number of halogens is 2. The normalized spacial score (nSPS) is 21.4. The van der Waals surface area contributed by atoms with Crippen molar-refractivity contribution < 1.29 is 18.7 Å². The third-order valence-corrected chi connectivity index (χ3v) is 5.18. The summed E-state index contributed by atoms with van der Waals surface area (Å²) >= 11 is 7.37. The first-order chi connectivity index (χ1) is 10.6. The van der Waals surface area contributed by atoms with Gasteiger partial charge in [0.05, 0.1) is 24.3 Å². The van der Waals surface area contributed by atoms with E-state index in [1.165, 1.54) is 17.4 Å². The van der Waals surface area contributed by atoms with Crippen molar-refractivity contribution in [3.63, 3.8) is 0 Å². The maximum Gasteiger partial charge on any atom is 0.263 e. The van der Waals surface area contributed by atoms with E-state index in [2.05, 4.69) is 5.32 Å². The van der Waals surface area contributed by atoms with E-state index in [0.29, 0.717) is 34.8 Å². The molecule has 0 aliphatic carbocycles. The van der Waals surface area contributed by atoms with E-state index in [4.69, 9.17) is 21.1 Å². The first-order valence-electron chi connectivity index (χ1n) is 6.98. The van der Waals surface area contributed by atoms with Crippen molar-refractivity contribution in [2.75, 3.05) is 19.8 Å². The van der Waals surface area contributed by atoms with E-state index in [9.17, 15) is 9.18 Å². The Labute approximate surface area is 136 Å². The number of rotatable bonds is 4. The van der Waals surface area contributed by atoms with Crippen molar-refractivity contribution >= 4 is 38.9 Å². The summed E-state index contributed by atoms with van der Waals surface area (Å²) in [5.74, 6) is -0.750. The molecule has 1 aromatic heterocycles. The zero-order valence-corrected chi connectivity index (χ0v) is 13.5. The zero-order chi connectivity index (χ0) is 15.7. The average Bonchev–Trinajstić information content (AvgIpc) is 3.05. The Morgan fingerprint density at radius 1 is 1.55 bits per heavy atom. The summed E-state index contributed by atoms with van der Waals surface area (Å²) in [6, 6.07) is 4.45. The van der Waals surface area contributed by atoms with Crippen LogP contribution < -0.4 is 5.32 Å². The lowest BCUT2D eigenvalue weighted by Crippen LogP contribution is -2.43. The summed E-state index contributed by atoms with van der Waals surface area (Å²) < 4.78 is 25.4. The number of benzene rings is 1. The van der Waals surface area contributed by atoms with Crippen LogP contribution in [0.4, 0.5) is 4.39 Å². The minimum absolute atomic E-state index is 0.155. The molecule has 0 spiro atoms. The Balaban J connectivity index is 1.83. The number of fused-ring (bicyclic) bond motifs is 1. The number of carbonyl (C=O) groups is 1. The summed E-state index contributed by atoms with van der Waals surface area (Å²) in [6.45, 7) is 3.29. The van der Waals surface area contributed by atoms with Crippen molar-refractivity contribution in [1.82, 2.24) is 5.32 Å². The van der Waals surface area contributed by atoms with Gasteiger partial charge in [0, 0.05) is 16.7 Å². The lowest BCUT2D eigenvalue weighted by Gasteiger charge is -2.18. The van der Waals surface area contributed by atoms with Gasteiger partial charge >= 0.3 is 0 Å². The molecule has 2 aromatic rings. The first kappa shape index (κ1) is 15.7. The molecule has 1 aromatic carbocycles. The van der Waals surface area contributed by atoms with Crippen LogP contribution in [0.25, 0.3) is 10.1 Å². The standard InChI is InChI=1S/C15H15ClFNO3S/c1-2-21-10-7-20-6-9(10)18-15(19)14-13(16)12-8(17)4-3-5-11(12)22-14/h3-5,9-10H,2,6-7H2,1H3,(H,18,19). The van der Waals surface area contributed by atoms with Gasteiger partial charge in [-0.05, 0) is 19.1 Å². The van der Waals surface area contributed by atoms with Crippen LogP contribution in [0.3, 0.4) is 0 Å². The molecule has 1 saturated heterocycles. The Hall–Kier alpha value is -1.21. The van der Waals surface area contributed by atoms with Crippen molar-refractivity contribution in [3.8, 4) is 0 Å². The van der Waals surface area contributed by atoms with Crippen LogP contribution in [0.2, 0.25) is 5.02 Å². The third kappa shape index (κ3) is 2.84. The highest BCUT2D eigenvalue weighted by Crippen LogP contribution is 2.36. The van der Waals surface area contributed by atoms with Crippen molar-refractivity contribution in [2.24, 2.45) is 0 Å². The van der Waals surface area contributed by atoms with E-state index in [-0.39, 0.29) is 23.1 Å². The molecule has 1 amide bonds. The fourth-order valence-corrected chi connectivity index (χ4v) is 3.96. The molecule has 0 bridgehead atoms. The van der Waals surface area contributed by atoms with Crippen molar-refractivity contribution in [3.05, 3.63) is 33.9 Å². The molecule has 2 atom stereocenters. The minimum Gasteiger partial charge on any atom is -0.376 e. The highest BCUT2D eigenvalue weighted by molar-refractivity contribution is 7.21. The molecular formula is C15H15ClFNO3S. The maximum absolute atomic E-state index is 13.8. The summed E-state index contributed by atoms with van der Waals surface area (Å²) in [5, 5.41) is 3.32. The van der Waals surface area contributed by atoms with E-state index in [0.717, 1.165) is 0 Å². The van der Waals surface area contributed by atoms with E-state index >= 15 is 0 Å². The summed E-state index contributed by atoms with van der Waals surface area (Å²) in [7, 11) is 0. The molecule has 22 heavy (non-hydrogen) atoms. The number of hydrogen-bond acceptors (Lipinski definition) is 4. The molecular weight excluding hydrogens is 329 g/mol. The fourth-order valence-electron chi connectivity index (χ4n) is 2.50. The van der Waals surface area contributed by atoms with Gasteiger partial charge in [-0.1, -0.05) is 17.7 Å². The van der Waals surface area contributed by atoms with E-state index in [1.807, 2.05) is 6.92 Å². The molecule has 1 aliphatic heterocycles. The smallest absolute Gasteiger partial charge is 0.263 e. The highest BCUT2D eigenvalue weighted by atomic mass is 35.5. The molecule has 0 saturated carbocycles. The minimum atomic E-state index is -0.422. The lowest BCUT2D eigenvalue weighted by atomic mass is 10.2. The van der Waals surface area contributed by atoms with Crippen LogP contribution in [-0.4, -0.2) is 37.9 Å². The highest BCUT2D eigenvalue weighted by Gasteiger charge is 2.31. The number of ether oxygens (including phenoxy) is 2. The molecule has 1 aliphatic rings. The van der Waals surface area contributed by atoms with Crippen LogP contribution >= 0.6 is 22.9 Å². The molecule has 4 nitrogen and oxygen atoms in total. The van der Waals surface area contributed by atoms with Gasteiger partial charge in [0.1, 0.15) is 16.8 Å². The number of amides is 1. The summed E-state index contributed by atoms with van der Waals surface area (Å²) in [5.41, 5.74) is 0. The van der Waals surface area contributed by atoms with Crippen LogP contribution in [0.15, 0.2) is 18.2 Å². The number of hydrogen-bond donors (Lipinski definition) is 1. The maximum atomic E-state index is 13.8.